The molecule has 0 aromatic carbocycles. The van der Waals surface area contributed by atoms with Crippen LogP contribution in [0.25, 0.3) is 0 Å². The average Bonchev–Trinajstić information content (AvgIpc) is 2.71. The summed E-state index contributed by atoms with van der Waals surface area (Å²) in [4.78, 5) is 0. The standard InChI is InChI=1S/C15H23F3N4/c16-15(17,18)12-8-5-9-22-13(20-21-14(12)22)10-19-11-6-3-1-2-4-7-11/h11-12,19H,1-10H2/t12-/m0/s1. The van der Waals surface area contributed by atoms with Crippen molar-refractivity contribution in [1.82, 2.24) is 20.1 Å². The Labute approximate surface area is 128 Å². The molecule has 0 spiro atoms. The van der Waals surface area contributed by atoms with Gasteiger partial charge in [-0.1, -0.05) is 25.7 Å². The van der Waals surface area contributed by atoms with E-state index in [0.717, 1.165) is 12.8 Å². The zero-order chi connectivity index (χ0) is 15.6. The van der Waals surface area contributed by atoms with E-state index in [1.807, 2.05) is 0 Å². The fourth-order valence-electron chi connectivity index (χ4n) is 3.59. The quantitative estimate of drug-likeness (QED) is 0.868. The monoisotopic (exact) mass is 316 g/mol. The molecule has 2 heterocycles. The summed E-state index contributed by atoms with van der Waals surface area (Å²) >= 11 is 0. The molecule has 1 aliphatic heterocycles. The summed E-state index contributed by atoms with van der Waals surface area (Å²) in [6.07, 6.45) is 3.74. The van der Waals surface area contributed by atoms with E-state index in [1.54, 1.807) is 4.57 Å². The van der Waals surface area contributed by atoms with E-state index in [0.29, 0.717) is 31.4 Å². The van der Waals surface area contributed by atoms with Crippen LogP contribution in [-0.4, -0.2) is 27.0 Å². The lowest BCUT2D eigenvalue weighted by atomic mass is 9.98. The molecule has 124 valence electrons. The number of halogens is 3. The van der Waals surface area contributed by atoms with Gasteiger partial charge in [0.15, 0.2) is 0 Å². The van der Waals surface area contributed by atoms with Crippen LogP contribution in [0.3, 0.4) is 0 Å². The highest BCUT2D eigenvalue weighted by Gasteiger charge is 2.45. The zero-order valence-electron chi connectivity index (χ0n) is 12.7. The number of nitrogens with zero attached hydrogens (tertiary/aromatic N) is 3. The first-order valence-corrected chi connectivity index (χ1v) is 8.28. The Hall–Kier alpha value is -1.11. The summed E-state index contributed by atoms with van der Waals surface area (Å²) in [5.41, 5.74) is 0. The van der Waals surface area contributed by atoms with E-state index in [2.05, 4.69) is 15.5 Å². The molecule has 1 atom stereocenters. The first-order valence-electron chi connectivity index (χ1n) is 8.28. The van der Waals surface area contributed by atoms with Crippen LogP contribution in [-0.2, 0) is 13.1 Å². The summed E-state index contributed by atoms with van der Waals surface area (Å²) in [6.45, 7) is 1.11. The fraction of sp³-hybridized carbons (Fsp3) is 0.867. The van der Waals surface area contributed by atoms with Gasteiger partial charge in [-0.15, -0.1) is 10.2 Å². The lowest BCUT2D eigenvalue weighted by Crippen LogP contribution is -2.31. The van der Waals surface area contributed by atoms with E-state index in [4.69, 9.17) is 0 Å². The predicted molar refractivity (Wildman–Crippen MR) is 76.4 cm³/mol. The number of rotatable bonds is 3. The van der Waals surface area contributed by atoms with E-state index < -0.39 is 12.1 Å². The Kier molecular flexibility index (Phi) is 4.70. The molecule has 2 aliphatic rings. The Bertz CT molecular complexity index is 489. The molecule has 1 aromatic heterocycles. The van der Waals surface area contributed by atoms with Crippen LogP contribution < -0.4 is 5.32 Å². The van der Waals surface area contributed by atoms with Crippen molar-refractivity contribution >= 4 is 0 Å². The lowest BCUT2D eigenvalue weighted by Gasteiger charge is -2.25. The van der Waals surface area contributed by atoms with Gasteiger partial charge in [0.1, 0.15) is 17.6 Å². The van der Waals surface area contributed by atoms with Crippen LogP contribution in [0.15, 0.2) is 0 Å². The van der Waals surface area contributed by atoms with Crippen molar-refractivity contribution in [1.29, 1.82) is 0 Å². The third-order valence-corrected chi connectivity index (χ3v) is 4.84. The summed E-state index contributed by atoms with van der Waals surface area (Å²) < 4.78 is 40.8. The normalized spacial score (nSPS) is 24.0. The molecule has 1 aromatic rings. The van der Waals surface area contributed by atoms with Gasteiger partial charge in [0.05, 0.1) is 6.54 Å². The fourth-order valence-corrected chi connectivity index (χ4v) is 3.59. The van der Waals surface area contributed by atoms with Crippen LogP contribution in [0.1, 0.15) is 68.9 Å². The third-order valence-electron chi connectivity index (χ3n) is 4.84. The molecule has 0 unspecified atom stereocenters. The molecule has 1 aliphatic carbocycles. The molecule has 0 saturated heterocycles. The SMILES string of the molecule is FC(F)(F)[C@H]1CCCn2c(CNC3CCCCCC3)nnc21. The third kappa shape index (κ3) is 3.45. The first kappa shape index (κ1) is 15.8. The molecule has 22 heavy (non-hydrogen) atoms. The van der Waals surface area contributed by atoms with E-state index in [9.17, 15) is 13.2 Å². The Morgan fingerprint density at radius 1 is 1.00 bits per heavy atom. The minimum Gasteiger partial charge on any atom is -0.313 e. The van der Waals surface area contributed by atoms with Gasteiger partial charge in [-0.05, 0) is 25.7 Å². The van der Waals surface area contributed by atoms with Gasteiger partial charge >= 0.3 is 6.18 Å². The highest BCUT2D eigenvalue weighted by molar-refractivity contribution is 5.07. The topological polar surface area (TPSA) is 42.7 Å². The number of hydrogen-bond acceptors (Lipinski definition) is 3. The van der Waals surface area contributed by atoms with E-state index in [-0.39, 0.29) is 12.2 Å². The van der Waals surface area contributed by atoms with E-state index >= 15 is 0 Å². The molecular formula is C15H23F3N4. The second-order valence-corrected chi connectivity index (χ2v) is 6.43. The van der Waals surface area contributed by atoms with Gasteiger partial charge in [-0.3, -0.25) is 0 Å². The minimum absolute atomic E-state index is 0.0939. The number of hydrogen-bond donors (Lipinski definition) is 1. The van der Waals surface area contributed by atoms with Gasteiger partial charge in [0, 0.05) is 12.6 Å². The second-order valence-electron chi connectivity index (χ2n) is 6.43. The van der Waals surface area contributed by atoms with Crippen LogP contribution in [0.5, 0.6) is 0 Å². The smallest absolute Gasteiger partial charge is 0.313 e. The molecule has 1 saturated carbocycles. The molecule has 1 N–H and O–H groups in total. The number of aromatic nitrogens is 3. The van der Waals surface area contributed by atoms with Gasteiger partial charge < -0.3 is 9.88 Å². The maximum Gasteiger partial charge on any atom is 0.398 e. The Balaban J connectivity index is 1.67. The Morgan fingerprint density at radius 3 is 2.41 bits per heavy atom. The molecule has 0 bridgehead atoms. The molecule has 0 radical (unpaired) electrons. The van der Waals surface area contributed by atoms with Crippen molar-refractivity contribution in [2.75, 3.05) is 0 Å². The molecule has 7 heteroatoms. The summed E-state index contributed by atoms with van der Waals surface area (Å²) in [6, 6.07) is 0.456. The Morgan fingerprint density at radius 2 is 1.73 bits per heavy atom. The van der Waals surface area contributed by atoms with Crippen LogP contribution in [0.4, 0.5) is 13.2 Å². The van der Waals surface area contributed by atoms with Crippen molar-refractivity contribution in [2.24, 2.45) is 0 Å². The van der Waals surface area contributed by atoms with Gasteiger partial charge in [-0.2, -0.15) is 13.2 Å². The largest absolute Gasteiger partial charge is 0.398 e. The average molecular weight is 316 g/mol. The first-order chi connectivity index (χ1) is 10.6. The number of fused-ring (bicyclic) bond motifs is 1. The molecule has 4 nitrogen and oxygen atoms in total. The van der Waals surface area contributed by atoms with Crippen LogP contribution in [0.2, 0.25) is 0 Å². The maximum atomic E-state index is 13.1. The summed E-state index contributed by atoms with van der Waals surface area (Å²) in [5.74, 6) is -0.718. The maximum absolute atomic E-state index is 13.1. The number of nitrogens with one attached hydrogen (secondary N) is 1. The molecule has 0 amide bonds. The van der Waals surface area contributed by atoms with Gasteiger partial charge in [-0.25, -0.2) is 0 Å². The number of alkyl halides is 3. The van der Waals surface area contributed by atoms with Crippen LogP contribution >= 0.6 is 0 Å². The van der Waals surface area contributed by atoms with Gasteiger partial charge in [0.25, 0.3) is 0 Å². The summed E-state index contributed by atoms with van der Waals surface area (Å²) in [7, 11) is 0. The highest BCUT2D eigenvalue weighted by Crippen LogP contribution is 2.40. The van der Waals surface area contributed by atoms with Gasteiger partial charge in [0.2, 0.25) is 0 Å². The van der Waals surface area contributed by atoms with Crippen molar-refractivity contribution in [3.8, 4) is 0 Å². The molecular weight excluding hydrogens is 293 g/mol. The highest BCUT2D eigenvalue weighted by atomic mass is 19.4. The van der Waals surface area contributed by atoms with Crippen molar-refractivity contribution < 1.29 is 13.2 Å². The molecule has 1 fully saturated rings. The van der Waals surface area contributed by atoms with Crippen molar-refractivity contribution in [3.05, 3.63) is 11.6 Å². The van der Waals surface area contributed by atoms with Crippen molar-refractivity contribution in [2.45, 2.75) is 82.6 Å². The minimum atomic E-state index is -4.23. The predicted octanol–water partition coefficient (Wildman–Crippen LogP) is 3.53. The van der Waals surface area contributed by atoms with Crippen molar-refractivity contribution in [3.63, 3.8) is 0 Å². The summed E-state index contributed by atoms with van der Waals surface area (Å²) in [5, 5.41) is 11.3. The lowest BCUT2D eigenvalue weighted by molar-refractivity contribution is -0.156. The second kappa shape index (κ2) is 6.56. The molecule has 3 rings (SSSR count). The zero-order valence-corrected chi connectivity index (χ0v) is 12.7. The van der Waals surface area contributed by atoms with E-state index in [1.165, 1.54) is 25.7 Å². The van der Waals surface area contributed by atoms with Crippen LogP contribution in [0, 0.1) is 0 Å².